The third-order valence-corrected chi connectivity index (χ3v) is 3.71. The lowest BCUT2D eigenvalue weighted by Crippen LogP contribution is -2.09. The maximum Gasteiger partial charge on any atom is 0.337 e. The lowest BCUT2D eigenvalue weighted by atomic mass is 10.0. The van der Waals surface area contributed by atoms with Crippen molar-refractivity contribution in [1.82, 2.24) is 4.57 Å². The zero-order valence-corrected chi connectivity index (χ0v) is 12.4. The van der Waals surface area contributed by atoms with Gasteiger partial charge < -0.3 is 14.4 Å². The average Bonchev–Trinajstić information content (AvgIpc) is 2.68. The minimum Gasteiger partial charge on any atom is -0.497 e. The maximum absolute atomic E-state index is 12.6. The molecule has 0 bridgehead atoms. The molecule has 21 heavy (non-hydrogen) atoms. The summed E-state index contributed by atoms with van der Waals surface area (Å²) in [6.07, 6.45) is 0. The summed E-state index contributed by atoms with van der Waals surface area (Å²) in [5.74, 6) is -0.555. The van der Waals surface area contributed by atoms with E-state index in [4.69, 9.17) is 4.74 Å². The van der Waals surface area contributed by atoms with Crippen LogP contribution in [0.2, 0.25) is 0 Å². The second-order valence-corrected chi connectivity index (χ2v) is 4.86. The van der Waals surface area contributed by atoms with Crippen molar-refractivity contribution in [3.05, 3.63) is 52.3 Å². The predicted molar refractivity (Wildman–Crippen MR) is 78.3 cm³/mol. The number of carboxylic acid groups (broad SMARTS) is 1. The molecule has 1 aromatic heterocycles. The summed E-state index contributed by atoms with van der Waals surface area (Å²) in [4.78, 5) is 23.9. The van der Waals surface area contributed by atoms with Gasteiger partial charge in [0.1, 0.15) is 5.75 Å². The summed E-state index contributed by atoms with van der Waals surface area (Å²) in [5, 5.41) is 9.26. The quantitative estimate of drug-likeness (QED) is 0.878. The van der Waals surface area contributed by atoms with E-state index in [0.29, 0.717) is 28.3 Å². The van der Waals surface area contributed by atoms with Gasteiger partial charge in [-0.15, -0.1) is 0 Å². The largest absolute Gasteiger partial charge is 0.497 e. The van der Waals surface area contributed by atoms with E-state index >= 15 is 0 Å². The summed E-state index contributed by atoms with van der Waals surface area (Å²) in [6.45, 7) is 3.36. The van der Waals surface area contributed by atoms with E-state index in [0.717, 1.165) is 0 Å². The number of carbonyl (C=O) groups is 2. The molecule has 110 valence electrons. The van der Waals surface area contributed by atoms with Gasteiger partial charge in [0, 0.05) is 18.3 Å². The molecule has 0 saturated heterocycles. The van der Waals surface area contributed by atoms with Gasteiger partial charge >= 0.3 is 5.97 Å². The van der Waals surface area contributed by atoms with Crippen molar-refractivity contribution in [1.29, 1.82) is 0 Å². The van der Waals surface area contributed by atoms with Gasteiger partial charge in [-0.25, -0.2) is 4.79 Å². The van der Waals surface area contributed by atoms with Crippen molar-refractivity contribution >= 4 is 11.8 Å². The molecule has 0 fully saturated rings. The summed E-state index contributed by atoms with van der Waals surface area (Å²) < 4.78 is 6.69. The number of carbonyl (C=O) groups excluding carboxylic acids is 1. The van der Waals surface area contributed by atoms with Crippen LogP contribution in [0, 0.1) is 13.8 Å². The standard InChI is InChI=1S/C16H17NO4/c1-9-13(16(19)20)10(2)17(3)14(9)15(18)11-5-7-12(21-4)8-6-11/h5-8H,1-4H3,(H,19,20). The number of hydrogen-bond donors (Lipinski definition) is 1. The average molecular weight is 287 g/mol. The van der Waals surface area contributed by atoms with Gasteiger partial charge in [-0.1, -0.05) is 0 Å². The number of hydrogen-bond acceptors (Lipinski definition) is 3. The number of aromatic carboxylic acids is 1. The monoisotopic (exact) mass is 287 g/mol. The highest BCUT2D eigenvalue weighted by Crippen LogP contribution is 2.24. The van der Waals surface area contributed by atoms with Crippen LogP contribution in [-0.2, 0) is 7.05 Å². The summed E-state index contributed by atoms with van der Waals surface area (Å²) in [6, 6.07) is 6.75. The SMILES string of the molecule is COc1ccc(C(=O)c2c(C)c(C(=O)O)c(C)n2C)cc1. The van der Waals surface area contributed by atoms with E-state index in [-0.39, 0.29) is 11.3 Å². The number of ketones is 1. The summed E-state index contributed by atoms with van der Waals surface area (Å²) in [5.41, 5.74) is 2.14. The Morgan fingerprint density at radius 3 is 2.14 bits per heavy atom. The lowest BCUT2D eigenvalue weighted by Gasteiger charge is -2.06. The van der Waals surface area contributed by atoms with Crippen LogP contribution in [-0.4, -0.2) is 28.5 Å². The molecule has 0 aliphatic heterocycles. The number of methoxy groups -OCH3 is 1. The Bertz CT molecular complexity index is 711. The van der Waals surface area contributed by atoms with E-state index in [9.17, 15) is 14.7 Å². The number of aromatic nitrogens is 1. The predicted octanol–water partition coefficient (Wildman–Crippen LogP) is 2.58. The summed E-state index contributed by atoms with van der Waals surface area (Å²) >= 11 is 0. The van der Waals surface area contributed by atoms with Crippen LogP contribution in [0.3, 0.4) is 0 Å². The number of carboxylic acids is 1. The van der Waals surface area contributed by atoms with Crippen LogP contribution in [0.1, 0.15) is 37.7 Å². The second-order valence-electron chi connectivity index (χ2n) is 4.86. The Morgan fingerprint density at radius 2 is 1.71 bits per heavy atom. The number of ether oxygens (including phenoxy) is 1. The zero-order chi connectivity index (χ0) is 15.7. The van der Waals surface area contributed by atoms with Gasteiger partial charge in [-0.2, -0.15) is 0 Å². The van der Waals surface area contributed by atoms with E-state index in [2.05, 4.69) is 0 Å². The fourth-order valence-corrected chi connectivity index (χ4v) is 2.49. The molecule has 1 heterocycles. The van der Waals surface area contributed by atoms with Gasteiger partial charge in [0.15, 0.2) is 0 Å². The number of benzene rings is 1. The molecule has 0 aliphatic carbocycles. The Labute approximate surface area is 122 Å². The highest BCUT2D eigenvalue weighted by atomic mass is 16.5. The molecular formula is C16H17NO4. The fraction of sp³-hybridized carbons (Fsp3) is 0.250. The van der Waals surface area contributed by atoms with Crippen molar-refractivity contribution in [2.45, 2.75) is 13.8 Å². The number of nitrogens with zero attached hydrogens (tertiary/aromatic N) is 1. The normalized spacial score (nSPS) is 10.5. The van der Waals surface area contributed by atoms with Gasteiger partial charge in [0.05, 0.1) is 18.4 Å². The number of rotatable bonds is 4. The molecule has 0 radical (unpaired) electrons. The minimum absolute atomic E-state index is 0.189. The first-order valence-corrected chi connectivity index (χ1v) is 6.46. The first-order chi connectivity index (χ1) is 9.88. The minimum atomic E-state index is -1.02. The molecular weight excluding hydrogens is 270 g/mol. The Morgan fingerprint density at radius 1 is 1.14 bits per heavy atom. The Kier molecular flexibility index (Phi) is 3.84. The third kappa shape index (κ3) is 2.42. The third-order valence-electron chi connectivity index (χ3n) is 3.71. The van der Waals surface area contributed by atoms with Crippen molar-refractivity contribution in [3.63, 3.8) is 0 Å². The van der Waals surface area contributed by atoms with Crippen LogP contribution in [0.15, 0.2) is 24.3 Å². The van der Waals surface area contributed by atoms with Gasteiger partial charge in [0.25, 0.3) is 0 Å². The first-order valence-electron chi connectivity index (χ1n) is 6.46. The summed E-state index contributed by atoms with van der Waals surface area (Å²) in [7, 11) is 3.26. The molecule has 0 aliphatic rings. The van der Waals surface area contributed by atoms with E-state index < -0.39 is 5.97 Å². The maximum atomic E-state index is 12.6. The molecule has 0 unspecified atom stereocenters. The molecule has 2 aromatic rings. The molecule has 0 amide bonds. The molecule has 0 saturated carbocycles. The van der Waals surface area contributed by atoms with Crippen LogP contribution < -0.4 is 4.74 Å². The molecule has 1 aromatic carbocycles. The topological polar surface area (TPSA) is 68.5 Å². The molecule has 5 heteroatoms. The van der Waals surface area contributed by atoms with Crippen molar-refractivity contribution in [3.8, 4) is 5.75 Å². The highest BCUT2D eigenvalue weighted by Gasteiger charge is 2.25. The van der Waals surface area contributed by atoms with Gasteiger partial charge in [0.2, 0.25) is 5.78 Å². The second kappa shape index (κ2) is 5.44. The van der Waals surface area contributed by atoms with Crippen LogP contribution in [0.5, 0.6) is 5.75 Å². The molecule has 1 N–H and O–H groups in total. The van der Waals surface area contributed by atoms with Crippen molar-refractivity contribution in [2.24, 2.45) is 7.05 Å². The van der Waals surface area contributed by atoms with E-state index in [1.54, 1.807) is 56.8 Å². The zero-order valence-electron chi connectivity index (χ0n) is 12.4. The fourth-order valence-electron chi connectivity index (χ4n) is 2.49. The van der Waals surface area contributed by atoms with Crippen LogP contribution in [0.4, 0.5) is 0 Å². The smallest absolute Gasteiger partial charge is 0.337 e. The van der Waals surface area contributed by atoms with Gasteiger partial charge in [-0.3, -0.25) is 4.79 Å². The van der Waals surface area contributed by atoms with E-state index in [1.807, 2.05) is 0 Å². The molecule has 2 rings (SSSR count). The molecule has 5 nitrogen and oxygen atoms in total. The van der Waals surface area contributed by atoms with Gasteiger partial charge in [-0.05, 0) is 43.7 Å². The highest BCUT2D eigenvalue weighted by molar-refractivity contribution is 6.10. The Balaban J connectivity index is 2.53. The molecule has 0 atom stereocenters. The molecule has 0 spiro atoms. The Hall–Kier alpha value is -2.56. The van der Waals surface area contributed by atoms with Crippen molar-refractivity contribution < 1.29 is 19.4 Å². The van der Waals surface area contributed by atoms with Crippen LogP contribution in [0.25, 0.3) is 0 Å². The lowest BCUT2D eigenvalue weighted by molar-refractivity contribution is 0.0695. The van der Waals surface area contributed by atoms with Crippen molar-refractivity contribution in [2.75, 3.05) is 7.11 Å². The first kappa shape index (κ1) is 14.8. The van der Waals surface area contributed by atoms with E-state index in [1.165, 1.54) is 0 Å². The van der Waals surface area contributed by atoms with Crippen LogP contribution >= 0.6 is 0 Å².